The lowest BCUT2D eigenvalue weighted by Gasteiger charge is -2.23. The highest BCUT2D eigenvalue weighted by atomic mass is 32.2. The van der Waals surface area contributed by atoms with Crippen LogP contribution in [0.1, 0.15) is 36.5 Å². The van der Waals surface area contributed by atoms with Crippen LogP contribution < -0.4 is 14.8 Å². The van der Waals surface area contributed by atoms with Gasteiger partial charge >= 0.3 is 0 Å². The van der Waals surface area contributed by atoms with Gasteiger partial charge < -0.3 is 14.8 Å². The number of rotatable bonds is 5. The zero-order valence-electron chi connectivity index (χ0n) is 14.0. The molecule has 2 heterocycles. The van der Waals surface area contributed by atoms with Crippen LogP contribution in [-0.2, 0) is 14.6 Å². The number of hydrogen-bond acceptors (Lipinski definition) is 6. The van der Waals surface area contributed by atoms with Crippen molar-refractivity contribution in [3.63, 3.8) is 0 Å². The third kappa shape index (κ3) is 4.31. The molecule has 1 amide bonds. The lowest BCUT2D eigenvalue weighted by Crippen LogP contribution is -2.46. The van der Waals surface area contributed by atoms with Crippen LogP contribution >= 0.6 is 0 Å². The Morgan fingerprint density at radius 2 is 1.88 bits per heavy atom. The summed E-state index contributed by atoms with van der Waals surface area (Å²) in [5, 5.41) is 2.75. The fourth-order valence-corrected chi connectivity index (χ4v) is 5.19. The minimum absolute atomic E-state index is 0.0168. The zero-order chi connectivity index (χ0) is 18.1. The summed E-state index contributed by atoms with van der Waals surface area (Å²) in [5.74, 6) is 0.685. The fourth-order valence-electron chi connectivity index (χ4n) is 3.10. The number of amides is 1. The first-order chi connectivity index (χ1) is 11.8. The molecule has 1 fully saturated rings. The highest BCUT2D eigenvalue weighted by Crippen LogP contribution is 2.31. The molecule has 1 aromatic rings. The SMILES string of the molecule is C[C@]1(NC(=O)CCC(=O)c2ccc3c(c2)OCCO3)CCS(=O)(=O)C1. The summed E-state index contributed by atoms with van der Waals surface area (Å²) in [7, 11) is -3.09. The van der Waals surface area contributed by atoms with E-state index in [0.717, 1.165) is 0 Å². The molecule has 0 radical (unpaired) electrons. The van der Waals surface area contributed by atoms with Gasteiger partial charge in [0.1, 0.15) is 13.2 Å². The third-order valence-electron chi connectivity index (χ3n) is 4.39. The molecule has 1 saturated heterocycles. The Kier molecular flexibility index (Phi) is 4.73. The van der Waals surface area contributed by atoms with Gasteiger partial charge in [0, 0.05) is 18.4 Å². The van der Waals surface area contributed by atoms with Crippen molar-refractivity contribution in [2.24, 2.45) is 0 Å². The second-order valence-electron chi connectivity index (χ2n) is 6.73. The Morgan fingerprint density at radius 1 is 1.16 bits per heavy atom. The zero-order valence-corrected chi connectivity index (χ0v) is 14.9. The van der Waals surface area contributed by atoms with E-state index in [2.05, 4.69) is 5.32 Å². The van der Waals surface area contributed by atoms with Crippen molar-refractivity contribution in [1.82, 2.24) is 5.32 Å². The molecule has 0 aliphatic carbocycles. The molecule has 7 nitrogen and oxygen atoms in total. The minimum atomic E-state index is -3.09. The van der Waals surface area contributed by atoms with Crippen molar-refractivity contribution in [2.45, 2.75) is 31.7 Å². The molecule has 25 heavy (non-hydrogen) atoms. The molecule has 1 atom stereocenters. The van der Waals surface area contributed by atoms with Gasteiger partial charge in [-0.05, 0) is 31.5 Å². The van der Waals surface area contributed by atoms with E-state index in [4.69, 9.17) is 9.47 Å². The van der Waals surface area contributed by atoms with Crippen LogP contribution in [0, 0.1) is 0 Å². The maximum Gasteiger partial charge on any atom is 0.220 e. The van der Waals surface area contributed by atoms with E-state index in [-0.39, 0.29) is 36.0 Å². The number of nitrogens with one attached hydrogen (secondary N) is 1. The van der Waals surface area contributed by atoms with E-state index in [1.54, 1.807) is 25.1 Å². The summed E-state index contributed by atoms with van der Waals surface area (Å²) in [5.41, 5.74) is -0.276. The van der Waals surface area contributed by atoms with Crippen molar-refractivity contribution >= 4 is 21.5 Å². The predicted molar refractivity (Wildman–Crippen MR) is 90.8 cm³/mol. The van der Waals surface area contributed by atoms with Gasteiger partial charge in [0.15, 0.2) is 27.1 Å². The van der Waals surface area contributed by atoms with Gasteiger partial charge in [-0.15, -0.1) is 0 Å². The predicted octanol–water partition coefficient (Wildman–Crippen LogP) is 1.11. The van der Waals surface area contributed by atoms with Crippen LogP contribution in [0.2, 0.25) is 0 Å². The van der Waals surface area contributed by atoms with Gasteiger partial charge in [0.05, 0.1) is 17.0 Å². The highest BCUT2D eigenvalue weighted by molar-refractivity contribution is 7.91. The Hall–Kier alpha value is -2.09. The largest absolute Gasteiger partial charge is 0.486 e. The van der Waals surface area contributed by atoms with Crippen LogP contribution in [0.4, 0.5) is 0 Å². The highest BCUT2D eigenvalue weighted by Gasteiger charge is 2.39. The standard InChI is InChI=1S/C17H21NO6S/c1-17(6-9-25(21,22)11-17)18-16(20)5-3-13(19)12-2-4-14-15(10-12)24-8-7-23-14/h2,4,10H,3,5-9,11H2,1H3,(H,18,20)/t17-/m0/s1. The summed E-state index contributed by atoms with van der Waals surface area (Å²) in [6.07, 6.45) is 0.467. The van der Waals surface area contributed by atoms with E-state index in [9.17, 15) is 18.0 Å². The van der Waals surface area contributed by atoms with Gasteiger partial charge in [-0.2, -0.15) is 0 Å². The number of hydrogen-bond donors (Lipinski definition) is 1. The second kappa shape index (κ2) is 6.67. The van der Waals surface area contributed by atoms with Gasteiger partial charge in [-0.1, -0.05) is 0 Å². The molecule has 1 N–H and O–H groups in total. The first-order valence-corrected chi connectivity index (χ1v) is 10.0. The summed E-state index contributed by atoms with van der Waals surface area (Å²) >= 11 is 0. The number of carbonyl (C=O) groups is 2. The maximum atomic E-state index is 12.3. The molecule has 136 valence electrons. The summed E-state index contributed by atoms with van der Waals surface area (Å²) < 4.78 is 34.0. The second-order valence-corrected chi connectivity index (χ2v) is 8.92. The number of benzene rings is 1. The summed E-state index contributed by atoms with van der Waals surface area (Å²) in [6.45, 7) is 2.64. The first-order valence-electron chi connectivity index (χ1n) is 8.21. The molecule has 0 aromatic heterocycles. The third-order valence-corrected chi connectivity index (χ3v) is 6.29. The van der Waals surface area contributed by atoms with Crippen LogP contribution in [-0.4, -0.2) is 50.4 Å². The average molecular weight is 367 g/mol. The van der Waals surface area contributed by atoms with E-state index >= 15 is 0 Å². The Labute approximate surface area is 146 Å². The van der Waals surface area contributed by atoms with Gasteiger partial charge in [0.2, 0.25) is 5.91 Å². The van der Waals surface area contributed by atoms with E-state index < -0.39 is 15.4 Å². The maximum absolute atomic E-state index is 12.3. The fraction of sp³-hybridized carbons (Fsp3) is 0.529. The first kappa shape index (κ1) is 17.7. The molecule has 0 bridgehead atoms. The lowest BCUT2D eigenvalue weighted by atomic mass is 10.0. The normalized spacial score (nSPS) is 23.9. The minimum Gasteiger partial charge on any atom is -0.486 e. The van der Waals surface area contributed by atoms with E-state index in [1.807, 2.05) is 0 Å². The van der Waals surface area contributed by atoms with Crippen molar-refractivity contribution in [3.8, 4) is 11.5 Å². The molecule has 1 aromatic carbocycles. The van der Waals surface area contributed by atoms with Crippen molar-refractivity contribution in [3.05, 3.63) is 23.8 Å². The number of carbonyl (C=O) groups excluding carboxylic acids is 2. The Bertz CT molecular complexity index is 803. The van der Waals surface area contributed by atoms with Crippen molar-refractivity contribution in [2.75, 3.05) is 24.7 Å². The van der Waals surface area contributed by atoms with Gasteiger partial charge in [0.25, 0.3) is 0 Å². The van der Waals surface area contributed by atoms with Crippen LogP contribution in [0.3, 0.4) is 0 Å². The molecule has 0 saturated carbocycles. The molecule has 2 aliphatic heterocycles. The molecule has 2 aliphatic rings. The van der Waals surface area contributed by atoms with Crippen molar-refractivity contribution in [1.29, 1.82) is 0 Å². The number of Topliss-reactive ketones (excluding diaryl/α,β-unsaturated/α-hetero) is 1. The molecule has 0 spiro atoms. The molecule has 8 heteroatoms. The molecule has 3 rings (SSSR count). The van der Waals surface area contributed by atoms with Crippen molar-refractivity contribution < 1.29 is 27.5 Å². The summed E-state index contributed by atoms with van der Waals surface area (Å²) in [4.78, 5) is 24.4. The molecular weight excluding hydrogens is 346 g/mol. The molecule has 0 unspecified atom stereocenters. The topological polar surface area (TPSA) is 98.8 Å². The van der Waals surface area contributed by atoms with Crippen LogP contribution in [0.5, 0.6) is 11.5 Å². The monoisotopic (exact) mass is 367 g/mol. The van der Waals surface area contributed by atoms with Crippen LogP contribution in [0.15, 0.2) is 18.2 Å². The van der Waals surface area contributed by atoms with Crippen LogP contribution in [0.25, 0.3) is 0 Å². The van der Waals surface area contributed by atoms with E-state index in [0.29, 0.717) is 36.7 Å². The number of ketones is 1. The Morgan fingerprint density at radius 3 is 2.56 bits per heavy atom. The molecular formula is C17H21NO6S. The number of ether oxygens (including phenoxy) is 2. The quantitative estimate of drug-likeness (QED) is 0.783. The van der Waals surface area contributed by atoms with Gasteiger partial charge in [-0.3, -0.25) is 9.59 Å². The average Bonchev–Trinajstić information content (AvgIpc) is 2.85. The van der Waals surface area contributed by atoms with Gasteiger partial charge in [-0.25, -0.2) is 8.42 Å². The smallest absolute Gasteiger partial charge is 0.220 e. The summed E-state index contributed by atoms with van der Waals surface area (Å²) in [6, 6.07) is 4.96. The number of sulfone groups is 1. The Balaban J connectivity index is 1.54. The number of fused-ring (bicyclic) bond motifs is 1. The van der Waals surface area contributed by atoms with E-state index in [1.165, 1.54) is 0 Å². The lowest BCUT2D eigenvalue weighted by molar-refractivity contribution is -0.122.